The average Bonchev–Trinajstić information content (AvgIpc) is 3.61. The molecule has 12 nitrogen and oxygen atoms in total. The average molecular weight is 545 g/mol. The second-order valence-corrected chi connectivity index (χ2v) is 10.8. The Morgan fingerprint density at radius 2 is 1.95 bits per heavy atom. The maximum Gasteiger partial charge on any atom is 0.268 e. The van der Waals surface area contributed by atoms with E-state index in [4.69, 9.17) is 9.47 Å². The number of amides is 1. The molecule has 37 heavy (non-hydrogen) atoms. The number of thiophene rings is 1. The van der Waals surface area contributed by atoms with E-state index in [0.717, 1.165) is 16.2 Å². The van der Waals surface area contributed by atoms with E-state index in [2.05, 4.69) is 20.0 Å². The van der Waals surface area contributed by atoms with Gasteiger partial charge in [-0.1, -0.05) is 17.3 Å². The van der Waals surface area contributed by atoms with Gasteiger partial charge in [-0.15, -0.1) is 16.4 Å². The molecule has 0 radical (unpaired) electrons. The highest BCUT2D eigenvalue weighted by atomic mass is 32.2. The van der Waals surface area contributed by atoms with Crippen molar-refractivity contribution in [2.24, 2.45) is 0 Å². The third-order valence-electron chi connectivity index (χ3n) is 5.37. The van der Waals surface area contributed by atoms with Crippen LogP contribution in [0.15, 0.2) is 65.1 Å². The molecule has 4 aromatic rings. The second-order valence-electron chi connectivity index (χ2n) is 7.73. The third-order valence-corrected chi connectivity index (χ3v) is 8.37. The lowest BCUT2D eigenvalue weighted by molar-refractivity contribution is -0.133. The van der Waals surface area contributed by atoms with Crippen LogP contribution in [-0.2, 0) is 27.8 Å². The van der Waals surface area contributed by atoms with Gasteiger partial charge in [-0.05, 0) is 42.0 Å². The number of sulfonamides is 1. The summed E-state index contributed by atoms with van der Waals surface area (Å²) in [5.41, 5.74) is 3.32. The van der Waals surface area contributed by atoms with E-state index in [-0.39, 0.29) is 22.9 Å². The zero-order valence-corrected chi connectivity index (χ0v) is 21.5. The number of nitrogens with one attached hydrogen (secondary N) is 2. The van der Waals surface area contributed by atoms with Gasteiger partial charge < -0.3 is 9.47 Å². The van der Waals surface area contributed by atoms with Crippen molar-refractivity contribution in [1.29, 1.82) is 0 Å². The standard InChI is InChI=1S/C23H24N6O6S2/c1-34-19-7-6-15(12-20(19)35-2)11-18(23(30)27-31)29-14-16(26-28-29)13-25-37(32,33)22-9-8-21(36-22)17-5-3-4-10-24-17/h3-10,12,14,18,25,31H,11,13H2,1-2H3,(H,27,30). The van der Waals surface area contributed by atoms with Crippen LogP contribution >= 0.6 is 11.3 Å². The van der Waals surface area contributed by atoms with E-state index in [9.17, 15) is 18.4 Å². The highest BCUT2D eigenvalue weighted by Gasteiger charge is 2.24. The lowest BCUT2D eigenvalue weighted by Gasteiger charge is -2.16. The van der Waals surface area contributed by atoms with Crippen molar-refractivity contribution >= 4 is 27.3 Å². The molecule has 0 fully saturated rings. The quantitative estimate of drug-likeness (QED) is 0.190. The van der Waals surface area contributed by atoms with E-state index in [0.29, 0.717) is 22.8 Å². The van der Waals surface area contributed by atoms with Gasteiger partial charge in [0.05, 0.1) is 43.2 Å². The van der Waals surface area contributed by atoms with E-state index < -0.39 is 22.0 Å². The highest BCUT2D eigenvalue weighted by Crippen LogP contribution is 2.30. The number of carbonyl (C=O) groups is 1. The number of hydrogen-bond acceptors (Lipinski definition) is 10. The van der Waals surface area contributed by atoms with Gasteiger partial charge in [0.25, 0.3) is 5.91 Å². The minimum Gasteiger partial charge on any atom is -0.493 e. The number of pyridine rings is 1. The Kier molecular flexibility index (Phi) is 8.13. The van der Waals surface area contributed by atoms with Crippen molar-refractivity contribution in [3.05, 3.63) is 72.2 Å². The normalized spacial score (nSPS) is 12.2. The van der Waals surface area contributed by atoms with Crippen molar-refractivity contribution < 1.29 is 27.9 Å². The van der Waals surface area contributed by atoms with Gasteiger partial charge in [0.2, 0.25) is 10.0 Å². The molecule has 194 valence electrons. The predicted molar refractivity (Wildman–Crippen MR) is 134 cm³/mol. The lowest BCUT2D eigenvalue weighted by Crippen LogP contribution is -2.32. The summed E-state index contributed by atoms with van der Waals surface area (Å²) in [6, 6.07) is 12.8. The van der Waals surface area contributed by atoms with E-state index in [1.165, 1.54) is 31.2 Å². The Balaban J connectivity index is 1.47. The molecular formula is C23H24N6O6S2. The maximum atomic E-state index is 12.8. The number of aromatic nitrogens is 4. The van der Waals surface area contributed by atoms with Gasteiger partial charge in [0.15, 0.2) is 11.5 Å². The van der Waals surface area contributed by atoms with Crippen LogP contribution < -0.4 is 19.7 Å². The molecule has 1 unspecified atom stereocenters. The predicted octanol–water partition coefficient (Wildman–Crippen LogP) is 2.19. The van der Waals surface area contributed by atoms with Crippen LogP contribution in [0.1, 0.15) is 17.3 Å². The Morgan fingerprint density at radius 3 is 2.65 bits per heavy atom. The zero-order valence-electron chi connectivity index (χ0n) is 19.9. The number of carbonyl (C=O) groups excluding carboxylic acids is 1. The third kappa shape index (κ3) is 6.11. The molecular weight excluding hydrogens is 520 g/mol. The zero-order chi connectivity index (χ0) is 26.4. The molecule has 0 bridgehead atoms. The van der Waals surface area contributed by atoms with Crippen LogP contribution in [0.3, 0.4) is 0 Å². The Morgan fingerprint density at radius 1 is 1.14 bits per heavy atom. The number of nitrogens with zero attached hydrogens (tertiary/aromatic N) is 4. The fraction of sp³-hybridized carbons (Fsp3) is 0.217. The largest absolute Gasteiger partial charge is 0.493 e. The summed E-state index contributed by atoms with van der Waals surface area (Å²) >= 11 is 1.10. The second kappa shape index (κ2) is 11.5. The van der Waals surface area contributed by atoms with Crippen LogP contribution in [-0.4, -0.2) is 53.7 Å². The number of ether oxygens (including phenoxy) is 2. The van der Waals surface area contributed by atoms with Crippen molar-refractivity contribution in [3.63, 3.8) is 0 Å². The van der Waals surface area contributed by atoms with Crippen LogP contribution in [0.4, 0.5) is 0 Å². The fourth-order valence-electron chi connectivity index (χ4n) is 3.51. The van der Waals surface area contributed by atoms with E-state index in [1.54, 1.807) is 48.1 Å². The van der Waals surface area contributed by atoms with Crippen molar-refractivity contribution in [3.8, 4) is 22.1 Å². The summed E-state index contributed by atoms with van der Waals surface area (Å²) in [4.78, 5) is 17.4. The molecule has 0 spiro atoms. The molecule has 0 aliphatic heterocycles. The summed E-state index contributed by atoms with van der Waals surface area (Å²) in [6.07, 6.45) is 3.23. The Hall–Kier alpha value is -3.85. The van der Waals surface area contributed by atoms with Crippen LogP contribution in [0.25, 0.3) is 10.6 Å². The highest BCUT2D eigenvalue weighted by molar-refractivity contribution is 7.91. The van der Waals surface area contributed by atoms with Crippen molar-refractivity contribution in [1.82, 2.24) is 30.2 Å². The van der Waals surface area contributed by atoms with Gasteiger partial charge in [0.1, 0.15) is 10.3 Å². The molecule has 1 aromatic carbocycles. The fourth-order valence-corrected chi connectivity index (χ4v) is 5.84. The van der Waals surface area contributed by atoms with Crippen LogP contribution in [0.5, 0.6) is 11.5 Å². The van der Waals surface area contributed by atoms with Crippen LogP contribution in [0.2, 0.25) is 0 Å². The molecule has 3 N–H and O–H groups in total. The monoisotopic (exact) mass is 544 g/mol. The summed E-state index contributed by atoms with van der Waals surface area (Å²) in [7, 11) is -0.806. The lowest BCUT2D eigenvalue weighted by atomic mass is 10.0. The van der Waals surface area contributed by atoms with Crippen molar-refractivity contribution in [2.45, 2.75) is 23.2 Å². The summed E-state index contributed by atoms with van der Waals surface area (Å²) in [6.45, 7) is -0.150. The minimum absolute atomic E-state index is 0.131. The minimum atomic E-state index is -3.82. The summed E-state index contributed by atoms with van der Waals surface area (Å²) < 4.78 is 40.0. The molecule has 1 atom stereocenters. The van der Waals surface area contributed by atoms with Gasteiger partial charge in [-0.2, -0.15) is 0 Å². The first kappa shape index (κ1) is 26.2. The molecule has 0 saturated heterocycles. The molecule has 0 saturated carbocycles. The molecule has 3 aromatic heterocycles. The molecule has 0 aliphatic carbocycles. The number of hydrogen-bond donors (Lipinski definition) is 3. The number of methoxy groups -OCH3 is 2. The van der Waals surface area contributed by atoms with E-state index >= 15 is 0 Å². The molecule has 0 aliphatic rings. The Bertz CT molecular complexity index is 1470. The number of benzene rings is 1. The molecule has 4 rings (SSSR count). The van der Waals surface area contributed by atoms with Crippen molar-refractivity contribution in [2.75, 3.05) is 14.2 Å². The topological polar surface area (TPSA) is 158 Å². The molecule has 1 amide bonds. The maximum absolute atomic E-state index is 12.8. The summed E-state index contributed by atoms with van der Waals surface area (Å²) in [5, 5.41) is 17.2. The van der Waals surface area contributed by atoms with Crippen LogP contribution in [0, 0.1) is 0 Å². The Labute approximate surface area is 216 Å². The van der Waals surface area contributed by atoms with Gasteiger partial charge in [0, 0.05) is 12.6 Å². The SMILES string of the molecule is COc1ccc(CC(C(=O)NO)n2cc(CNS(=O)(=O)c3ccc(-c4ccccn4)s3)nn2)cc1OC. The molecule has 14 heteroatoms. The smallest absolute Gasteiger partial charge is 0.268 e. The van der Waals surface area contributed by atoms with Gasteiger partial charge in [-0.25, -0.2) is 23.3 Å². The first-order chi connectivity index (χ1) is 17.8. The van der Waals surface area contributed by atoms with Gasteiger partial charge >= 0.3 is 0 Å². The number of hydroxylamine groups is 1. The first-order valence-corrected chi connectivity index (χ1v) is 13.2. The van der Waals surface area contributed by atoms with Gasteiger partial charge in [-0.3, -0.25) is 15.0 Å². The summed E-state index contributed by atoms with van der Waals surface area (Å²) in [5.74, 6) is 0.298. The molecule has 3 heterocycles. The number of rotatable bonds is 11. The van der Waals surface area contributed by atoms with E-state index in [1.807, 2.05) is 6.07 Å². The first-order valence-electron chi connectivity index (χ1n) is 10.9.